The van der Waals surface area contributed by atoms with E-state index in [0.29, 0.717) is 12.8 Å². The van der Waals surface area contributed by atoms with Crippen LogP contribution in [-0.2, 0) is 4.84 Å². The maximum absolute atomic E-state index is 9.03. The quantitative estimate of drug-likeness (QED) is 0.503. The molecule has 0 atom stereocenters. The van der Waals surface area contributed by atoms with E-state index in [4.69, 9.17) is 10.0 Å². The normalized spacial score (nSPS) is 12.6. The summed E-state index contributed by atoms with van der Waals surface area (Å²) in [5.41, 5.74) is 0. The molecule has 0 saturated carbocycles. The highest BCUT2D eigenvalue weighted by Gasteiger charge is 2.17. The molecule has 0 amide bonds. The minimum atomic E-state index is -1.21. The first-order valence-electron chi connectivity index (χ1n) is 3.55. The van der Waals surface area contributed by atoms with Gasteiger partial charge in [0, 0.05) is 6.17 Å². The second-order valence-electron chi connectivity index (χ2n) is 3.49. The van der Waals surface area contributed by atoms with Gasteiger partial charge < -0.3 is 0 Å². The average Bonchev–Trinajstić information content (AvgIpc) is 1.59. The lowest BCUT2D eigenvalue weighted by molar-refractivity contribution is -0.328. The molecule has 0 rings (SSSR count). The van der Waals surface area contributed by atoms with Gasteiger partial charge in [-0.05, 0) is 6.92 Å². The van der Waals surface area contributed by atoms with E-state index < -0.39 is 8.07 Å². The van der Waals surface area contributed by atoms with E-state index in [1.807, 2.05) is 6.92 Å². The summed E-state index contributed by atoms with van der Waals surface area (Å²) in [5, 5.41) is 9.98. The third-order valence-corrected chi connectivity index (χ3v) is 2.11. The number of hydrogen-bond donors (Lipinski definition) is 1. The van der Waals surface area contributed by atoms with Gasteiger partial charge in [0.2, 0.25) is 0 Å². The summed E-state index contributed by atoms with van der Waals surface area (Å²) in [5.74, 6) is 0. The van der Waals surface area contributed by atoms with Crippen LogP contribution in [0.3, 0.4) is 0 Å². The fraction of sp³-hybridized carbons (Fsp3) is 1.00. The highest BCUT2D eigenvalue weighted by molar-refractivity contribution is 6.76. The molecular weight excluding hydrogens is 146 g/mol. The Morgan fingerprint density at radius 2 is 1.90 bits per heavy atom. The smallest absolute Gasteiger partial charge is 0.0683 e. The van der Waals surface area contributed by atoms with Crippen LogP contribution in [0.1, 0.15) is 6.92 Å². The van der Waals surface area contributed by atoms with Crippen molar-refractivity contribution < 1.29 is 10.0 Å². The molecule has 0 fully saturated rings. The van der Waals surface area contributed by atoms with E-state index >= 15 is 0 Å². The first kappa shape index (κ1) is 10.1. The monoisotopic (exact) mass is 163 g/mol. The summed E-state index contributed by atoms with van der Waals surface area (Å²) in [7, 11) is -1.21. The lowest BCUT2D eigenvalue weighted by Gasteiger charge is -2.21. The molecule has 0 saturated heterocycles. The maximum Gasteiger partial charge on any atom is 0.0683 e. The van der Waals surface area contributed by atoms with Crippen LogP contribution in [0, 0.1) is 0 Å². The summed E-state index contributed by atoms with van der Waals surface area (Å²) < 4.78 is 0. The molecular formula is C6H17NO2Si. The number of hydroxylamine groups is 2. The van der Waals surface area contributed by atoms with Gasteiger partial charge in [-0.1, -0.05) is 24.9 Å². The molecule has 0 aliphatic heterocycles. The van der Waals surface area contributed by atoms with Crippen molar-refractivity contribution in [1.29, 1.82) is 0 Å². The molecule has 0 aliphatic carbocycles. The third kappa shape index (κ3) is 6.22. The molecule has 0 bridgehead atoms. The summed E-state index contributed by atoms with van der Waals surface area (Å²) in [6.07, 6.45) is 0.668. The van der Waals surface area contributed by atoms with Gasteiger partial charge in [0.1, 0.15) is 0 Å². The van der Waals surface area contributed by atoms with E-state index in [9.17, 15) is 0 Å². The molecule has 0 aliphatic rings. The Hall–Kier alpha value is 0.0969. The number of nitrogens with zero attached hydrogens (tertiary/aromatic N) is 1. The highest BCUT2D eigenvalue weighted by Crippen LogP contribution is 2.01. The molecule has 4 heteroatoms. The van der Waals surface area contributed by atoms with Gasteiger partial charge in [-0.3, -0.25) is 10.0 Å². The molecule has 0 heterocycles. The topological polar surface area (TPSA) is 32.7 Å². The van der Waals surface area contributed by atoms with Gasteiger partial charge in [-0.2, -0.15) is 0 Å². The van der Waals surface area contributed by atoms with Crippen LogP contribution in [-0.4, -0.2) is 31.3 Å². The molecule has 0 aromatic rings. The third-order valence-electron chi connectivity index (χ3n) is 0.888. The van der Waals surface area contributed by atoms with Crippen LogP contribution in [0.2, 0.25) is 19.6 Å². The number of hydrogen-bond acceptors (Lipinski definition) is 3. The first-order chi connectivity index (χ1) is 4.45. The standard InChI is InChI=1S/C6H17NO2Si/c1-5-9-7(8)6-10(2,3)4/h8H,5-6H2,1-4H3. The van der Waals surface area contributed by atoms with Crippen molar-refractivity contribution in [2.24, 2.45) is 0 Å². The minimum Gasteiger partial charge on any atom is -0.290 e. The molecule has 0 radical (unpaired) electrons. The molecule has 10 heavy (non-hydrogen) atoms. The fourth-order valence-corrected chi connectivity index (χ4v) is 1.50. The average molecular weight is 163 g/mol. The van der Waals surface area contributed by atoms with E-state index in [2.05, 4.69) is 19.6 Å². The molecule has 62 valence electrons. The van der Waals surface area contributed by atoms with Crippen LogP contribution >= 0.6 is 0 Å². The van der Waals surface area contributed by atoms with Gasteiger partial charge in [0.15, 0.2) is 0 Å². The lowest BCUT2D eigenvalue weighted by Crippen LogP contribution is -2.38. The van der Waals surface area contributed by atoms with Crippen molar-refractivity contribution in [3.63, 3.8) is 0 Å². The highest BCUT2D eigenvalue weighted by atomic mass is 28.3. The van der Waals surface area contributed by atoms with Crippen molar-refractivity contribution in [1.82, 2.24) is 5.23 Å². The van der Waals surface area contributed by atoms with Crippen molar-refractivity contribution in [3.8, 4) is 0 Å². The largest absolute Gasteiger partial charge is 0.290 e. The second kappa shape index (κ2) is 4.08. The van der Waals surface area contributed by atoms with Crippen molar-refractivity contribution in [3.05, 3.63) is 0 Å². The van der Waals surface area contributed by atoms with Crippen LogP contribution in [0.4, 0.5) is 0 Å². The van der Waals surface area contributed by atoms with Crippen LogP contribution in [0.25, 0.3) is 0 Å². The van der Waals surface area contributed by atoms with Crippen molar-refractivity contribution >= 4 is 8.07 Å². The zero-order valence-corrected chi connectivity index (χ0v) is 8.22. The van der Waals surface area contributed by atoms with Gasteiger partial charge in [-0.15, -0.1) is 0 Å². The molecule has 3 nitrogen and oxygen atoms in total. The molecule has 0 aromatic heterocycles. The van der Waals surface area contributed by atoms with Gasteiger partial charge in [0.25, 0.3) is 0 Å². The van der Waals surface area contributed by atoms with E-state index in [1.165, 1.54) is 0 Å². The van der Waals surface area contributed by atoms with Gasteiger partial charge >= 0.3 is 0 Å². The van der Waals surface area contributed by atoms with Gasteiger partial charge in [-0.25, -0.2) is 0 Å². The Labute approximate surface area is 63.5 Å². The van der Waals surface area contributed by atoms with Crippen LogP contribution in [0.15, 0.2) is 0 Å². The summed E-state index contributed by atoms with van der Waals surface area (Å²) >= 11 is 0. The zero-order chi connectivity index (χ0) is 8.20. The lowest BCUT2D eigenvalue weighted by atomic mass is 10.9. The van der Waals surface area contributed by atoms with Crippen molar-refractivity contribution in [2.45, 2.75) is 26.6 Å². The van der Waals surface area contributed by atoms with Crippen molar-refractivity contribution in [2.75, 3.05) is 12.8 Å². The Bertz CT molecular complexity index is 92.2. The van der Waals surface area contributed by atoms with Crippen LogP contribution < -0.4 is 0 Å². The van der Waals surface area contributed by atoms with Gasteiger partial charge in [0.05, 0.1) is 14.7 Å². The van der Waals surface area contributed by atoms with E-state index in [0.717, 1.165) is 5.23 Å². The summed E-state index contributed by atoms with van der Waals surface area (Å²) in [4.78, 5) is 4.84. The fourth-order valence-electron chi connectivity index (χ4n) is 0.600. The zero-order valence-electron chi connectivity index (χ0n) is 7.22. The minimum absolute atomic E-state index is 0.529. The number of rotatable bonds is 4. The Balaban J connectivity index is 3.47. The first-order valence-corrected chi connectivity index (χ1v) is 7.26. The maximum atomic E-state index is 9.03. The predicted molar refractivity (Wildman–Crippen MR) is 43.5 cm³/mol. The molecule has 1 N–H and O–H groups in total. The van der Waals surface area contributed by atoms with E-state index in [1.54, 1.807) is 0 Å². The van der Waals surface area contributed by atoms with Crippen LogP contribution in [0.5, 0.6) is 0 Å². The molecule has 0 unspecified atom stereocenters. The van der Waals surface area contributed by atoms with E-state index in [-0.39, 0.29) is 0 Å². The second-order valence-corrected chi connectivity index (χ2v) is 8.93. The Morgan fingerprint density at radius 3 is 2.20 bits per heavy atom. The molecule has 0 spiro atoms. The molecule has 0 aromatic carbocycles. The summed E-state index contributed by atoms with van der Waals surface area (Å²) in [6.45, 7) is 8.91. The Kier molecular flexibility index (Phi) is 4.11. The SMILES string of the molecule is CCON(O)C[Si](C)(C)C. The predicted octanol–water partition coefficient (Wildman–Crippen LogP) is 1.51. The summed E-state index contributed by atoms with van der Waals surface area (Å²) in [6, 6.07) is 0. The Morgan fingerprint density at radius 1 is 1.40 bits per heavy atom.